The zero-order valence-electron chi connectivity index (χ0n) is 9.33. The lowest BCUT2D eigenvalue weighted by Gasteiger charge is -2.06. The maximum Gasteiger partial charge on any atom is 0.238 e. The topological polar surface area (TPSA) is 70.2 Å². The molecule has 0 bridgehead atoms. The highest BCUT2D eigenvalue weighted by Crippen LogP contribution is 2.13. The van der Waals surface area contributed by atoms with Crippen LogP contribution < -0.4 is 16.0 Å². The molecule has 0 saturated heterocycles. The van der Waals surface area contributed by atoms with Crippen LogP contribution in [0.5, 0.6) is 0 Å². The Morgan fingerprint density at radius 2 is 1.56 bits per heavy atom. The second-order valence-corrected chi connectivity index (χ2v) is 3.34. The van der Waals surface area contributed by atoms with E-state index in [4.69, 9.17) is 0 Å². The van der Waals surface area contributed by atoms with Gasteiger partial charge in [-0.3, -0.25) is 9.59 Å². The Balaban J connectivity index is 2.57. The molecule has 1 rings (SSSR count). The molecule has 2 amide bonds. The number of carbonyl (C=O) groups excluding carboxylic acids is 2. The molecule has 1 aromatic rings. The molecule has 16 heavy (non-hydrogen) atoms. The number of carbonyl (C=O) groups is 2. The number of nitrogens with one attached hydrogen (secondary N) is 3. The summed E-state index contributed by atoms with van der Waals surface area (Å²) >= 11 is 0. The van der Waals surface area contributed by atoms with Crippen LogP contribution in [0, 0.1) is 0 Å². The van der Waals surface area contributed by atoms with Gasteiger partial charge in [-0.1, -0.05) is 0 Å². The zero-order chi connectivity index (χ0) is 12.0. The molecule has 0 fully saturated rings. The molecule has 0 saturated carbocycles. The smallest absolute Gasteiger partial charge is 0.238 e. The Bertz CT molecular complexity index is 373. The minimum atomic E-state index is -0.119. The first-order valence-electron chi connectivity index (χ1n) is 4.94. The van der Waals surface area contributed by atoms with E-state index in [9.17, 15) is 9.59 Å². The second-order valence-electron chi connectivity index (χ2n) is 3.34. The first kappa shape index (κ1) is 12.2. The van der Waals surface area contributed by atoms with E-state index < -0.39 is 0 Å². The number of likely N-dealkylation sites (N-methyl/N-ethyl adjacent to an activating group) is 1. The standard InChI is InChI=1S/C11H15N3O2/c1-8(15)13-9-3-5-10(6-4-9)14-11(16)7-12-2/h3-6,12H,7H2,1-2H3,(H,13,15)(H,14,16). The number of anilines is 2. The van der Waals surface area contributed by atoms with E-state index >= 15 is 0 Å². The molecular formula is C11H15N3O2. The van der Waals surface area contributed by atoms with Gasteiger partial charge in [0.25, 0.3) is 0 Å². The fourth-order valence-corrected chi connectivity index (χ4v) is 1.21. The molecule has 0 unspecified atom stereocenters. The van der Waals surface area contributed by atoms with Gasteiger partial charge in [-0.05, 0) is 31.3 Å². The van der Waals surface area contributed by atoms with Crippen molar-refractivity contribution in [3.05, 3.63) is 24.3 Å². The summed E-state index contributed by atoms with van der Waals surface area (Å²) in [5, 5.41) is 8.11. The first-order valence-corrected chi connectivity index (χ1v) is 4.94. The Labute approximate surface area is 94.2 Å². The third-order valence-electron chi connectivity index (χ3n) is 1.83. The van der Waals surface area contributed by atoms with Crippen LogP contribution in [0.1, 0.15) is 6.92 Å². The Morgan fingerprint density at radius 3 is 2.00 bits per heavy atom. The lowest BCUT2D eigenvalue weighted by atomic mass is 10.2. The second kappa shape index (κ2) is 5.87. The lowest BCUT2D eigenvalue weighted by Crippen LogP contribution is -2.24. The van der Waals surface area contributed by atoms with Gasteiger partial charge >= 0.3 is 0 Å². The van der Waals surface area contributed by atoms with Gasteiger partial charge in [0.05, 0.1) is 6.54 Å². The Hall–Kier alpha value is -1.88. The van der Waals surface area contributed by atoms with Gasteiger partial charge < -0.3 is 16.0 Å². The van der Waals surface area contributed by atoms with Gasteiger partial charge in [-0.25, -0.2) is 0 Å². The van der Waals surface area contributed by atoms with E-state index in [1.807, 2.05) is 0 Å². The van der Waals surface area contributed by atoms with Crippen LogP contribution in [-0.4, -0.2) is 25.4 Å². The van der Waals surface area contributed by atoms with Crippen molar-refractivity contribution in [2.75, 3.05) is 24.2 Å². The van der Waals surface area contributed by atoms with Crippen molar-refractivity contribution in [2.45, 2.75) is 6.92 Å². The summed E-state index contributed by atoms with van der Waals surface area (Å²) in [5.41, 5.74) is 1.41. The zero-order valence-corrected chi connectivity index (χ0v) is 9.33. The van der Waals surface area contributed by atoms with Crippen LogP contribution in [0.3, 0.4) is 0 Å². The van der Waals surface area contributed by atoms with Crippen molar-refractivity contribution in [1.29, 1.82) is 0 Å². The highest BCUT2D eigenvalue weighted by atomic mass is 16.2. The van der Waals surface area contributed by atoms with Crippen molar-refractivity contribution in [1.82, 2.24) is 5.32 Å². The van der Waals surface area contributed by atoms with Crippen LogP contribution >= 0.6 is 0 Å². The number of benzene rings is 1. The molecule has 5 nitrogen and oxygen atoms in total. The molecule has 0 aliphatic rings. The van der Waals surface area contributed by atoms with Gasteiger partial charge in [0.15, 0.2) is 0 Å². The molecule has 0 aliphatic carbocycles. The van der Waals surface area contributed by atoms with Crippen LogP contribution in [0.4, 0.5) is 11.4 Å². The molecule has 0 spiro atoms. The van der Waals surface area contributed by atoms with E-state index in [0.717, 1.165) is 0 Å². The summed E-state index contributed by atoms with van der Waals surface area (Å²) in [6, 6.07) is 6.93. The van der Waals surface area contributed by atoms with E-state index in [1.54, 1.807) is 31.3 Å². The number of amides is 2. The maximum atomic E-state index is 11.2. The molecule has 0 atom stereocenters. The van der Waals surface area contributed by atoms with Crippen LogP contribution in [0.15, 0.2) is 24.3 Å². The molecular weight excluding hydrogens is 206 g/mol. The molecule has 0 radical (unpaired) electrons. The molecule has 0 heterocycles. The van der Waals surface area contributed by atoms with Crippen molar-refractivity contribution in [3.63, 3.8) is 0 Å². The summed E-state index contributed by atoms with van der Waals surface area (Å²) in [6.45, 7) is 1.72. The summed E-state index contributed by atoms with van der Waals surface area (Å²) in [7, 11) is 1.71. The predicted molar refractivity (Wildman–Crippen MR) is 63.3 cm³/mol. The van der Waals surface area contributed by atoms with Crippen LogP contribution in [0.2, 0.25) is 0 Å². The van der Waals surface area contributed by atoms with Crippen molar-refractivity contribution < 1.29 is 9.59 Å². The highest BCUT2D eigenvalue weighted by molar-refractivity contribution is 5.93. The van der Waals surface area contributed by atoms with Gasteiger partial charge in [0, 0.05) is 18.3 Å². The molecule has 1 aromatic carbocycles. The SMILES string of the molecule is CNCC(=O)Nc1ccc(NC(C)=O)cc1. The fraction of sp³-hybridized carbons (Fsp3) is 0.273. The largest absolute Gasteiger partial charge is 0.326 e. The maximum absolute atomic E-state index is 11.2. The summed E-state index contributed by atoms with van der Waals surface area (Å²) in [5.74, 6) is -0.221. The minimum absolute atomic E-state index is 0.102. The summed E-state index contributed by atoms with van der Waals surface area (Å²) in [4.78, 5) is 22.0. The van der Waals surface area contributed by atoms with E-state index in [-0.39, 0.29) is 18.4 Å². The molecule has 3 N–H and O–H groups in total. The van der Waals surface area contributed by atoms with E-state index in [0.29, 0.717) is 11.4 Å². The highest BCUT2D eigenvalue weighted by Gasteiger charge is 2.00. The number of rotatable bonds is 4. The summed E-state index contributed by atoms with van der Waals surface area (Å²) < 4.78 is 0. The molecule has 0 aromatic heterocycles. The average molecular weight is 221 g/mol. The quantitative estimate of drug-likeness (QED) is 0.704. The van der Waals surface area contributed by atoms with Crippen molar-refractivity contribution in [2.24, 2.45) is 0 Å². The normalized spacial score (nSPS) is 9.62. The van der Waals surface area contributed by atoms with E-state index in [2.05, 4.69) is 16.0 Å². The van der Waals surface area contributed by atoms with Gasteiger partial charge in [0.2, 0.25) is 11.8 Å². The van der Waals surface area contributed by atoms with Crippen LogP contribution in [0.25, 0.3) is 0 Å². The van der Waals surface area contributed by atoms with E-state index in [1.165, 1.54) is 6.92 Å². The van der Waals surface area contributed by atoms with Gasteiger partial charge in [-0.2, -0.15) is 0 Å². The number of hydrogen-bond acceptors (Lipinski definition) is 3. The fourth-order valence-electron chi connectivity index (χ4n) is 1.21. The van der Waals surface area contributed by atoms with Crippen molar-refractivity contribution >= 4 is 23.2 Å². The Morgan fingerprint density at radius 1 is 1.06 bits per heavy atom. The predicted octanol–water partition coefficient (Wildman–Crippen LogP) is 0.803. The molecule has 86 valence electrons. The van der Waals surface area contributed by atoms with Gasteiger partial charge in [0.1, 0.15) is 0 Å². The minimum Gasteiger partial charge on any atom is -0.326 e. The molecule has 0 aliphatic heterocycles. The monoisotopic (exact) mass is 221 g/mol. The van der Waals surface area contributed by atoms with Crippen LogP contribution in [-0.2, 0) is 9.59 Å². The van der Waals surface area contributed by atoms with Gasteiger partial charge in [-0.15, -0.1) is 0 Å². The number of hydrogen-bond donors (Lipinski definition) is 3. The third kappa shape index (κ3) is 4.10. The lowest BCUT2D eigenvalue weighted by molar-refractivity contribution is -0.115. The third-order valence-corrected chi connectivity index (χ3v) is 1.83. The molecule has 5 heteroatoms. The average Bonchev–Trinajstić information content (AvgIpc) is 2.20. The summed E-state index contributed by atoms with van der Waals surface area (Å²) in [6.07, 6.45) is 0. The first-order chi connectivity index (χ1) is 7.61. The Kier molecular flexibility index (Phi) is 4.47. The van der Waals surface area contributed by atoms with Crippen molar-refractivity contribution in [3.8, 4) is 0 Å².